The van der Waals surface area contributed by atoms with Gasteiger partial charge in [-0.1, -0.05) is 35.5 Å². The highest BCUT2D eigenvalue weighted by Crippen LogP contribution is 2.26. The largest absolute Gasteiger partial charge is 0.334 e. The summed E-state index contributed by atoms with van der Waals surface area (Å²) in [4.78, 5) is 32.7. The van der Waals surface area contributed by atoms with Gasteiger partial charge in [0.05, 0.1) is 22.2 Å². The smallest absolute Gasteiger partial charge is 0.274 e. The Morgan fingerprint density at radius 3 is 2.79 bits per heavy atom. The lowest BCUT2D eigenvalue weighted by molar-refractivity contribution is -0.384. The zero-order valence-corrected chi connectivity index (χ0v) is 14.8. The Bertz CT molecular complexity index is 787. The number of rotatable bonds is 5. The van der Waals surface area contributed by atoms with Gasteiger partial charge in [-0.15, -0.1) is 0 Å². The Morgan fingerprint density at radius 2 is 2.17 bits per heavy atom. The second kappa shape index (κ2) is 7.59. The predicted molar refractivity (Wildman–Crippen MR) is 92.4 cm³/mol. The third kappa shape index (κ3) is 3.82. The summed E-state index contributed by atoms with van der Waals surface area (Å²) in [5, 5.41) is 11.5. The number of non-ortho nitro benzene ring substituents is 1. The van der Waals surface area contributed by atoms with Gasteiger partial charge in [-0.05, 0) is 18.7 Å². The molecule has 0 aliphatic heterocycles. The van der Waals surface area contributed by atoms with Crippen LogP contribution in [0.3, 0.4) is 0 Å². The molecule has 0 bridgehead atoms. The molecule has 0 aliphatic rings. The molecule has 0 fully saturated rings. The number of nitrogens with zero attached hydrogens (tertiary/aromatic N) is 4. The summed E-state index contributed by atoms with van der Waals surface area (Å²) in [5.41, 5.74) is 0.732. The molecule has 126 valence electrons. The van der Waals surface area contributed by atoms with Gasteiger partial charge in [-0.25, -0.2) is 9.97 Å². The molecule has 0 saturated carbocycles. The van der Waals surface area contributed by atoms with E-state index < -0.39 is 4.92 Å². The molecule has 1 aromatic carbocycles. The Balaban J connectivity index is 2.30. The Morgan fingerprint density at radius 1 is 1.46 bits per heavy atom. The molecule has 0 aliphatic carbocycles. The van der Waals surface area contributed by atoms with E-state index >= 15 is 0 Å². The topological polar surface area (TPSA) is 89.2 Å². The van der Waals surface area contributed by atoms with Crippen LogP contribution in [0.1, 0.15) is 29.0 Å². The quantitative estimate of drug-likeness (QED) is 0.347. The van der Waals surface area contributed by atoms with Gasteiger partial charge in [0.2, 0.25) is 0 Å². The molecule has 7 nitrogen and oxygen atoms in total. The number of carbonyl (C=O) groups is 1. The van der Waals surface area contributed by atoms with E-state index in [1.807, 2.05) is 0 Å². The minimum absolute atomic E-state index is 0.0232. The van der Waals surface area contributed by atoms with Crippen molar-refractivity contribution in [3.05, 3.63) is 56.9 Å². The molecule has 2 rings (SSSR count). The van der Waals surface area contributed by atoms with Crippen molar-refractivity contribution in [3.63, 3.8) is 0 Å². The molecule has 0 spiro atoms. The van der Waals surface area contributed by atoms with Crippen molar-refractivity contribution in [2.24, 2.45) is 0 Å². The number of hydrogen-bond acceptors (Lipinski definition) is 6. The number of carbonyl (C=O) groups excluding carboxylic acids is 1. The Hall–Kier alpha value is -2.19. The van der Waals surface area contributed by atoms with Crippen LogP contribution >= 0.6 is 23.4 Å². The van der Waals surface area contributed by atoms with Crippen molar-refractivity contribution in [1.82, 2.24) is 14.9 Å². The number of benzene rings is 1. The van der Waals surface area contributed by atoms with Gasteiger partial charge < -0.3 is 4.90 Å². The van der Waals surface area contributed by atoms with Crippen molar-refractivity contribution < 1.29 is 9.72 Å². The van der Waals surface area contributed by atoms with E-state index in [1.54, 1.807) is 32.4 Å². The van der Waals surface area contributed by atoms with Crippen LogP contribution < -0.4 is 0 Å². The SMILES string of the molecule is CSc1ncc(Cl)c(C(=O)N(C)C(C)c2cccc([N+](=O)[O-])c2)n1. The Kier molecular flexibility index (Phi) is 5.74. The first kappa shape index (κ1) is 18.2. The maximum Gasteiger partial charge on any atom is 0.274 e. The summed E-state index contributed by atoms with van der Waals surface area (Å²) < 4.78 is 0. The van der Waals surface area contributed by atoms with Crippen molar-refractivity contribution in [2.45, 2.75) is 18.1 Å². The number of nitro benzene ring substituents is 1. The fourth-order valence-electron chi connectivity index (χ4n) is 2.06. The first-order valence-corrected chi connectivity index (χ1v) is 8.53. The van der Waals surface area contributed by atoms with Crippen LogP contribution in [-0.4, -0.2) is 39.0 Å². The first-order valence-electron chi connectivity index (χ1n) is 6.93. The molecular formula is C15H15ClN4O3S. The number of amides is 1. The van der Waals surface area contributed by atoms with Crippen LogP contribution in [0, 0.1) is 10.1 Å². The third-order valence-electron chi connectivity index (χ3n) is 3.57. The van der Waals surface area contributed by atoms with Crippen LogP contribution in [0.2, 0.25) is 5.02 Å². The molecule has 2 aromatic rings. The second-order valence-corrected chi connectivity index (χ2v) is 6.18. The molecule has 0 N–H and O–H groups in total. The highest BCUT2D eigenvalue weighted by molar-refractivity contribution is 7.98. The molecule has 0 saturated heterocycles. The van der Waals surface area contributed by atoms with Crippen molar-refractivity contribution in [2.75, 3.05) is 13.3 Å². The summed E-state index contributed by atoms with van der Waals surface area (Å²) in [6.45, 7) is 1.78. The molecule has 24 heavy (non-hydrogen) atoms. The molecule has 1 atom stereocenters. The highest BCUT2D eigenvalue weighted by Gasteiger charge is 2.24. The maximum absolute atomic E-state index is 12.7. The molecule has 1 unspecified atom stereocenters. The van der Waals surface area contributed by atoms with Crippen molar-refractivity contribution in [3.8, 4) is 0 Å². The van der Waals surface area contributed by atoms with E-state index in [1.165, 1.54) is 35.0 Å². The lowest BCUT2D eigenvalue weighted by Gasteiger charge is -2.25. The van der Waals surface area contributed by atoms with Crippen LogP contribution in [0.5, 0.6) is 0 Å². The maximum atomic E-state index is 12.7. The standard InChI is InChI=1S/C15H15ClN4O3S/c1-9(10-5-4-6-11(7-10)20(22)23)19(2)14(21)13-12(16)8-17-15(18-13)24-3/h4-9H,1-3H3. The van der Waals surface area contributed by atoms with Crippen LogP contribution in [-0.2, 0) is 0 Å². The van der Waals surface area contributed by atoms with Crippen LogP contribution in [0.25, 0.3) is 0 Å². The summed E-state index contributed by atoms with van der Waals surface area (Å²) in [6.07, 6.45) is 3.19. The van der Waals surface area contributed by atoms with E-state index in [4.69, 9.17) is 11.6 Å². The number of halogens is 1. The minimum Gasteiger partial charge on any atom is -0.334 e. The summed E-state index contributed by atoms with van der Waals surface area (Å²) >= 11 is 7.34. The molecule has 9 heteroatoms. The summed E-state index contributed by atoms with van der Waals surface area (Å²) in [5.74, 6) is -0.378. The number of thioether (sulfide) groups is 1. The molecule has 1 heterocycles. The van der Waals surface area contributed by atoms with Crippen molar-refractivity contribution in [1.29, 1.82) is 0 Å². The molecule has 0 radical (unpaired) electrons. The monoisotopic (exact) mass is 366 g/mol. The molecule has 1 aromatic heterocycles. The normalized spacial score (nSPS) is 11.8. The average Bonchev–Trinajstić information content (AvgIpc) is 2.60. The van der Waals surface area contributed by atoms with Gasteiger partial charge in [0.1, 0.15) is 0 Å². The lowest BCUT2D eigenvalue weighted by Crippen LogP contribution is -2.30. The Labute approximate surface area is 148 Å². The predicted octanol–water partition coefficient (Wildman–Crippen LogP) is 3.59. The van der Waals surface area contributed by atoms with E-state index in [2.05, 4.69) is 9.97 Å². The van der Waals surface area contributed by atoms with Gasteiger partial charge in [-0.3, -0.25) is 14.9 Å². The first-order chi connectivity index (χ1) is 11.3. The molecule has 1 amide bonds. The lowest BCUT2D eigenvalue weighted by atomic mass is 10.1. The van der Waals surface area contributed by atoms with Gasteiger partial charge in [0.15, 0.2) is 10.9 Å². The molecular weight excluding hydrogens is 352 g/mol. The van der Waals surface area contributed by atoms with Gasteiger partial charge >= 0.3 is 0 Å². The highest BCUT2D eigenvalue weighted by atomic mass is 35.5. The summed E-state index contributed by atoms with van der Waals surface area (Å²) in [6, 6.07) is 5.79. The van der Waals surface area contributed by atoms with E-state index in [0.29, 0.717) is 10.7 Å². The van der Waals surface area contributed by atoms with E-state index in [0.717, 1.165) is 0 Å². The average molecular weight is 367 g/mol. The van der Waals surface area contributed by atoms with Crippen LogP contribution in [0.15, 0.2) is 35.6 Å². The van der Waals surface area contributed by atoms with Gasteiger partial charge in [0, 0.05) is 19.2 Å². The number of aromatic nitrogens is 2. The number of hydrogen-bond donors (Lipinski definition) is 0. The van der Waals surface area contributed by atoms with E-state index in [9.17, 15) is 14.9 Å². The summed E-state index contributed by atoms with van der Waals surface area (Å²) in [7, 11) is 1.60. The van der Waals surface area contributed by atoms with Crippen molar-refractivity contribution >= 4 is 35.0 Å². The number of nitro groups is 1. The third-order valence-corrected chi connectivity index (χ3v) is 4.41. The second-order valence-electron chi connectivity index (χ2n) is 5.00. The van der Waals surface area contributed by atoms with Gasteiger partial charge in [-0.2, -0.15) is 0 Å². The van der Waals surface area contributed by atoms with Crippen LogP contribution in [0.4, 0.5) is 5.69 Å². The minimum atomic E-state index is -0.468. The fourth-order valence-corrected chi connectivity index (χ4v) is 2.58. The zero-order valence-electron chi connectivity index (χ0n) is 13.3. The fraction of sp³-hybridized carbons (Fsp3) is 0.267. The van der Waals surface area contributed by atoms with E-state index in [-0.39, 0.29) is 28.4 Å². The zero-order chi connectivity index (χ0) is 17.9. The van der Waals surface area contributed by atoms with Gasteiger partial charge in [0.25, 0.3) is 11.6 Å².